The molecule has 0 heterocycles. The minimum absolute atomic E-state index is 0.0550. The molecule has 1 rings (SSSR count). The third-order valence-corrected chi connectivity index (χ3v) is 5.38. The fraction of sp³-hybridized carbons (Fsp3) is 0.526. The van der Waals surface area contributed by atoms with Gasteiger partial charge in [-0.2, -0.15) is 0 Å². The molecule has 0 radical (unpaired) electrons. The van der Waals surface area contributed by atoms with Crippen LogP contribution in [0, 0.1) is 0 Å². The van der Waals surface area contributed by atoms with Crippen molar-refractivity contribution in [1.29, 1.82) is 0 Å². The first-order valence-electron chi connectivity index (χ1n) is 9.13. The van der Waals surface area contributed by atoms with Crippen molar-refractivity contribution in [2.75, 3.05) is 13.2 Å². The molecule has 0 saturated carbocycles. The number of carbonyl (C=O) groups is 3. The van der Waals surface area contributed by atoms with E-state index in [2.05, 4.69) is 5.32 Å². The summed E-state index contributed by atoms with van der Waals surface area (Å²) in [4.78, 5) is 36.2. The number of ether oxygens (including phenoxy) is 2. The highest BCUT2D eigenvalue weighted by Gasteiger charge is 2.34. The van der Waals surface area contributed by atoms with Gasteiger partial charge in [-0.1, -0.05) is 43.4 Å². The summed E-state index contributed by atoms with van der Waals surface area (Å²) >= 11 is 0. The van der Waals surface area contributed by atoms with Crippen LogP contribution in [0.2, 0.25) is 13.1 Å². The number of nitrogens with one attached hydrogen (secondary N) is 1. The molecule has 8 nitrogen and oxygen atoms in total. The normalized spacial score (nSPS) is 12.4. The molecule has 1 atom stereocenters. The third kappa shape index (κ3) is 8.53. The van der Waals surface area contributed by atoms with Crippen molar-refractivity contribution in [2.24, 2.45) is 0 Å². The minimum Gasteiger partial charge on any atom is -0.480 e. The van der Waals surface area contributed by atoms with Crippen LogP contribution in [-0.2, 0) is 25.7 Å². The highest BCUT2D eigenvalue weighted by atomic mass is 28.3. The Morgan fingerprint density at radius 1 is 1.18 bits per heavy atom. The number of rotatable bonds is 9. The van der Waals surface area contributed by atoms with Crippen molar-refractivity contribution >= 4 is 26.9 Å². The number of aliphatic carboxylic acids is 1. The predicted molar refractivity (Wildman–Crippen MR) is 107 cm³/mol. The van der Waals surface area contributed by atoms with Gasteiger partial charge in [-0.05, 0) is 26.3 Å². The molecule has 1 aromatic carbocycles. The molecule has 2 N–H and O–H groups in total. The zero-order chi connectivity index (χ0) is 21.3. The Labute approximate surface area is 167 Å². The highest BCUT2D eigenvalue weighted by molar-refractivity contribution is 6.55. The second-order valence-corrected chi connectivity index (χ2v) is 10.3. The summed E-state index contributed by atoms with van der Waals surface area (Å²) in [6, 6.07) is 8.27. The largest absolute Gasteiger partial charge is 0.480 e. The number of carboxylic acid groups (broad SMARTS) is 1. The van der Waals surface area contributed by atoms with E-state index in [1.165, 1.54) is 4.57 Å². The van der Waals surface area contributed by atoms with E-state index in [4.69, 9.17) is 14.6 Å². The zero-order valence-corrected chi connectivity index (χ0v) is 18.3. The fourth-order valence-electron chi connectivity index (χ4n) is 2.38. The maximum absolute atomic E-state index is 12.8. The summed E-state index contributed by atoms with van der Waals surface area (Å²) < 4.78 is 12.5. The SMILES string of the molecule is C[SiH](C)N(C(=O)OCc1ccccc1)C(COC(C)(C)C)C(=O)NCC(=O)O. The predicted octanol–water partition coefficient (Wildman–Crippen LogP) is 1.99. The number of hydrogen-bond donors (Lipinski definition) is 2. The lowest BCUT2D eigenvalue weighted by atomic mass is 10.2. The molecular weight excluding hydrogens is 380 g/mol. The van der Waals surface area contributed by atoms with Gasteiger partial charge in [-0.3, -0.25) is 9.59 Å². The first-order chi connectivity index (χ1) is 13.0. The van der Waals surface area contributed by atoms with Gasteiger partial charge >= 0.3 is 12.1 Å². The first kappa shape index (κ1) is 23.6. The lowest BCUT2D eigenvalue weighted by molar-refractivity contribution is -0.139. The molecule has 1 unspecified atom stereocenters. The number of benzene rings is 1. The van der Waals surface area contributed by atoms with E-state index in [1.54, 1.807) is 0 Å². The highest BCUT2D eigenvalue weighted by Crippen LogP contribution is 2.14. The third-order valence-electron chi connectivity index (χ3n) is 3.70. The lowest BCUT2D eigenvalue weighted by Gasteiger charge is -2.34. The molecule has 0 aromatic heterocycles. The minimum atomic E-state index is -1.85. The summed E-state index contributed by atoms with van der Waals surface area (Å²) in [5, 5.41) is 11.2. The molecule has 0 fully saturated rings. The lowest BCUT2D eigenvalue weighted by Crippen LogP contribution is -2.57. The van der Waals surface area contributed by atoms with Crippen LogP contribution in [0.5, 0.6) is 0 Å². The van der Waals surface area contributed by atoms with Crippen LogP contribution < -0.4 is 5.32 Å². The summed E-state index contributed by atoms with van der Waals surface area (Å²) in [5.74, 6) is -1.74. The molecule has 0 saturated heterocycles. The summed E-state index contributed by atoms with van der Waals surface area (Å²) in [5.41, 5.74) is 0.308. The second kappa shape index (κ2) is 10.8. The van der Waals surface area contributed by atoms with Crippen molar-refractivity contribution in [3.05, 3.63) is 35.9 Å². The van der Waals surface area contributed by atoms with E-state index in [0.29, 0.717) is 0 Å². The van der Waals surface area contributed by atoms with E-state index in [1.807, 2.05) is 64.2 Å². The van der Waals surface area contributed by atoms with Gasteiger partial charge in [0.2, 0.25) is 5.91 Å². The van der Waals surface area contributed by atoms with Gasteiger partial charge in [-0.25, -0.2) is 4.79 Å². The van der Waals surface area contributed by atoms with Crippen LogP contribution in [0.3, 0.4) is 0 Å². The van der Waals surface area contributed by atoms with Gasteiger partial charge in [0, 0.05) is 0 Å². The summed E-state index contributed by atoms with van der Waals surface area (Å²) in [7, 11) is -1.85. The smallest absolute Gasteiger partial charge is 0.402 e. The molecule has 0 bridgehead atoms. The fourth-order valence-corrected chi connectivity index (χ4v) is 3.82. The zero-order valence-electron chi connectivity index (χ0n) is 17.1. The first-order valence-corrected chi connectivity index (χ1v) is 12.0. The average Bonchev–Trinajstić information content (AvgIpc) is 2.60. The van der Waals surface area contributed by atoms with E-state index < -0.39 is 45.1 Å². The Hall–Kier alpha value is -2.39. The van der Waals surface area contributed by atoms with E-state index in [-0.39, 0.29) is 13.2 Å². The number of amides is 2. The van der Waals surface area contributed by atoms with Crippen LogP contribution in [0.4, 0.5) is 4.79 Å². The van der Waals surface area contributed by atoms with Crippen LogP contribution in [0.25, 0.3) is 0 Å². The quantitative estimate of drug-likeness (QED) is 0.603. The molecule has 0 aliphatic heterocycles. The Kier molecular flexibility index (Phi) is 9.13. The molecule has 9 heteroatoms. The van der Waals surface area contributed by atoms with Crippen molar-refractivity contribution in [2.45, 2.75) is 52.1 Å². The Morgan fingerprint density at radius 3 is 2.29 bits per heavy atom. The van der Waals surface area contributed by atoms with Crippen molar-refractivity contribution in [3.63, 3.8) is 0 Å². The van der Waals surface area contributed by atoms with Gasteiger partial charge in [0.15, 0.2) is 0 Å². The van der Waals surface area contributed by atoms with Gasteiger partial charge in [0.25, 0.3) is 0 Å². The van der Waals surface area contributed by atoms with Gasteiger partial charge in [0.1, 0.15) is 28.2 Å². The van der Waals surface area contributed by atoms with Crippen LogP contribution in [-0.4, -0.2) is 61.4 Å². The second-order valence-electron chi connectivity index (χ2n) is 7.59. The number of hydrogen-bond acceptors (Lipinski definition) is 5. The van der Waals surface area contributed by atoms with Crippen LogP contribution in [0.15, 0.2) is 30.3 Å². The maximum Gasteiger partial charge on any atom is 0.402 e. The maximum atomic E-state index is 12.8. The molecule has 28 heavy (non-hydrogen) atoms. The molecule has 156 valence electrons. The monoisotopic (exact) mass is 410 g/mol. The molecule has 2 amide bonds. The number of carbonyl (C=O) groups excluding carboxylic acids is 2. The molecule has 0 aliphatic carbocycles. The van der Waals surface area contributed by atoms with Gasteiger partial charge in [-0.15, -0.1) is 0 Å². The topological polar surface area (TPSA) is 105 Å². The molecule has 0 aliphatic rings. The van der Waals surface area contributed by atoms with E-state index in [0.717, 1.165) is 5.56 Å². The average molecular weight is 411 g/mol. The number of carboxylic acids is 1. The Morgan fingerprint density at radius 2 is 1.79 bits per heavy atom. The van der Waals surface area contributed by atoms with Gasteiger partial charge in [0.05, 0.1) is 12.2 Å². The van der Waals surface area contributed by atoms with Crippen molar-refractivity contribution < 1.29 is 29.0 Å². The van der Waals surface area contributed by atoms with E-state index >= 15 is 0 Å². The van der Waals surface area contributed by atoms with Crippen molar-refractivity contribution in [3.8, 4) is 0 Å². The van der Waals surface area contributed by atoms with Crippen LogP contribution >= 0.6 is 0 Å². The molecular formula is C19H30N2O6Si. The number of nitrogens with zero attached hydrogens (tertiary/aromatic N) is 1. The summed E-state index contributed by atoms with van der Waals surface area (Å²) in [6.45, 7) is 8.79. The van der Waals surface area contributed by atoms with Gasteiger partial charge < -0.3 is 24.5 Å². The Balaban J connectivity index is 2.95. The molecule has 1 aromatic rings. The standard InChI is InChI=1S/C19H30N2O6Si/c1-19(2,3)27-13-15(17(24)20-11-16(22)23)21(28(4)5)18(25)26-12-14-9-7-6-8-10-14/h6-10,15,28H,11-13H2,1-5H3,(H,20,24)(H,22,23). The van der Waals surface area contributed by atoms with E-state index in [9.17, 15) is 14.4 Å². The Bertz CT molecular complexity index is 660. The molecule has 0 spiro atoms. The van der Waals surface area contributed by atoms with Crippen molar-refractivity contribution in [1.82, 2.24) is 9.88 Å². The van der Waals surface area contributed by atoms with Crippen LogP contribution in [0.1, 0.15) is 26.3 Å². The summed E-state index contributed by atoms with van der Waals surface area (Å²) in [6.07, 6.45) is -0.612.